The summed E-state index contributed by atoms with van der Waals surface area (Å²) in [5, 5.41) is 26.9. The average Bonchev–Trinajstić information content (AvgIpc) is 3.15. The molecule has 3 N–H and O–H groups in total. The number of aromatic hydroxyl groups is 1. The van der Waals surface area contributed by atoms with E-state index >= 15 is 0 Å². The van der Waals surface area contributed by atoms with E-state index in [1.54, 1.807) is 17.8 Å². The van der Waals surface area contributed by atoms with Gasteiger partial charge in [-0.15, -0.1) is 0 Å². The molecule has 0 amide bonds. The highest BCUT2D eigenvalue weighted by Crippen LogP contribution is 2.19. The second-order valence-corrected chi connectivity index (χ2v) is 5.34. The lowest BCUT2D eigenvalue weighted by atomic mass is 10.2. The van der Waals surface area contributed by atoms with Crippen LogP contribution in [0.4, 0.5) is 0 Å². The van der Waals surface area contributed by atoms with Gasteiger partial charge >= 0.3 is 11.7 Å². The summed E-state index contributed by atoms with van der Waals surface area (Å²) in [5.74, 6) is -0.929. The van der Waals surface area contributed by atoms with Crippen LogP contribution in [-0.4, -0.2) is 40.7 Å². The fraction of sp³-hybridized carbons (Fsp3) is 0.286. The highest BCUT2D eigenvalue weighted by atomic mass is 16.5. The van der Waals surface area contributed by atoms with E-state index in [4.69, 9.17) is 9.63 Å². The number of hydrogen-bond donors (Lipinski definition) is 3. The average molecular weight is 333 g/mol. The first-order chi connectivity index (χ1) is 11.4. The zero-order chi connectivity index (χ0) is 17.4. The predicted molar refractivity (Wildman–Crippen MR) is 80.3 cm³/mol. The number of aryl methyl sites for hydroxylation is 2. The van der Waals surface area contributed by atoms with Gasteiger partial charge in [0, 0.05) is 11.8 Å². The zero-order valence-corrected chi connectivity index (χ0v) is 13.0. The molecule has 3 aromatic rings. The summed E-state index contributed by atoms with van der Waals surface area (Å²) < 4.78 is 7.62. The number of carboxylic acid groups (broad SMARTS) is 1. The van der Waals surface area contributed by atoms with Gasteiger partial charge in [-0.25, -0.2) is 9.36 Å². The van der Waals surface area contributed by atoms with Gasteiger partial charge in [-0.05, 0) is 13.8 Å². The molecule has 3 rings (SSSR count). The monoisotopic (exact) mass is 333 g/mol. The van der Waals surface area contributed by atoms with Crippen LogP contribution in [0.2, 0.25) is 0 Å². The SMILES string of the molecule is Cc1noc(C)c1Cn1cc(-n2c(O)c(CC(=O)O)[nH]c2=O)cn1. The summed E-state index contributed by atoms with van der Waals surface area (Å²) in [6.07, 6.45) is 2.48. The van der Waals surface area contributed by atoms with Crippen LogP contribution in [0.15, 0.2) is 21.7 Å². The van der Waals surface area contributed by atoms with Crippen LogP contribution in [0.1, 0.15) is 22.7 Å². The molecule has 3 heterocycles. The molecule has 3 aromatic heterocycles. The van der Waals surface area contributed by atoms with Gasteiger partial charge in [0.15, 0.2) is 0 Å². The Bertz CT molecular complexity index is 941. The third-order valence-corrected chi connectivity index (χ3v) is 3.65. The molecule has 0 bridgehead atoms. The number of carbonyl (C=O) groups is 1. The number of rotatable bonds is 5. The van der Waals surface area contributed by atoms with Crippen molar-refractivity contribution in [1.29, 1.82) is 0 Å². The molecule has 0 fully saturated rings. The quantitative estimate of drug-likeness (QED) is 0.612. The van der Waals surface area contributed by atoms with E-state index in [0.717, 1.165) is 15.8 Å². The summed E-state index contributed by atoms with van der Waals surface area (Å²) in [7, 11) is 0. The van der Waals surface area contributed by atoms with Gasteiger partial charge in [0.25, 0.3) is 0 Å². The Labute approximate surface area is 134 Å². The van der Waals surface area contributed by atoms with Crippen molar-refractivity contribution in [2.24, 2.45) is 0 Å². The minimum atomic E-state index is -1.16. The van der Waals surface area contributed by atoms with Gasteiger partial charge in [0.1, 0.15) is 5.76 Å². The second kappa shape index (κ2) is 5.72. The molecule has 0 unspecified atom stereocenters. The first-order valence-electron chi connectivity index (χ1n) is 7.06. The van der Waals surface area contributed by atoms with Crippen molar-refractivity contribution in [2.75, 3.05) is 0 Å². The van der Waals surface area contributed by atoms with Crippen LogP contribution in [0.3, 0.4) is 0 Å². The molecule has 0 aliphatic carbocycles. The van der Waals surface area contributed by atoms with E-state index in [0.29, 0.717) is 18.0 Å². The van der Waals surface area contributed by atoms with Crippen molar-refractivity contribution in [3.8, 4) is 11.6 Å². The maximum atomic E-state index is 12.0. The third kappa shape index (κ3) is 2.69. The van der Waals surface area contributed by atoms with Crippen LogP contribution >= 0.6 is 0 Å². The van der Waals surface area contributed by atoms with Crippen molar-refractivity contribution < 1.29 is 19.5 Å². The molecule has 0 aliphatic rings. The highest BCUT2D eigenvalue weighted by Gasteiger charge is 2.18. The summed E-state index contributed by atoms with van der Waals surface area (Å²) >= 11 is 0. The van der Waals surface area contributed by atoms with Crippen molar-refractivity contribution in [3.63, 3.8) is 0 Å². The van der Waals surface area contributed by atoms with Crippen LogP contribution in [0.25, 0.3) is 5.69 Å². The van der Waals surface area contributed by atoms with Crippen LogP contribution < -0.4 is 5.69 Å². The molecule has 24 heavy (non-hydrogen) atoms. The zero-order valence-electron chi connectivity index (χ0n) is 13.0. The summed E-state index contributed by atoms with van der Waals surface area (Å²) in [6, 6.07) is 0. The van der Waals surface area contributed by atoms with Crippen molar-refractivity contribution in [1.82, 2.24) is 24.5 Å². The molecule has 0 saturated carbocycles. The van der Waals surface area contributed by atoms with Gasteiger partial charge < -0.3 is 19.7 Å². The van der Waals surface area contributed by atoms with E-state index in [1.165, 1.54) is 6.20 Å². The standard InChI is InChI=1S/C14H15N5O5/c1-7-10(8(2)24-17-7)6-18-5-9(4-15-18)19-13(22)11(3-12(20)21)16-14(19)23/h4-5,22H,3,6H2,1-2H3,(H,16,23)(H,20,21). The van der Waals surface area contributed by atoms with Gasteiger partial charge in [-0.3, -0.25) is 9.48 Å². The van der Waals surface area contributed by atoms with E-state index in [-0.39, 0.29) is 5.69 Å². The number of imidazole rings is 1. The van der Waals surface area contributed by atoms with Gasteiger partial charge in [0.2, 0.25) is 5.88 Å². The molecular weight excluding hydrogens is 318 g/mol. The summed E-state index contributed by atoms with van der Waals surface area (Å²) in [6.45, 7) is 4.00. The lowest BCUT2D eigenvalue weighted by Crippen LogP contribution is -2.14. The van der Waals surface area contributed by atoms with Gasteiger partial charge in [0.05, 0.1) is 36.2 Å². The van der Waals surface area contributed by atoms with E-state index in [1.807, 2.05) is 6.92 Å². The Kier molecular flexibility index (Phi) is 3.72. The fourth-order valence-corrected chi connectivity index (χ4v) is 2.43. The predicted octanol–water partition coefficient (Wildman–Crippen LogP) is 0.348. The Morgan fingerprint density at radius 1 is 1.42 bits per heavy atom. The second-order valence-electron chi connectivity index (χ2n) is 5.34. The van der Waals surface area contributed by atoms with Gasteiger partial charge in [-0.1, -0.05) is 5.16 Å². The highest BCUT2D eigenvalue weighted by molar-refractivity contribution is 5.70. The third-order valence-electron chi connectivity index (χ3n) is 3.65. The largest absolute Gasteiger partial charge is 0.493 e. The number of aromatic amines is 1. The molecule has 0 spiro atoms. The minimum absolute atomic E-state index is 0.0639. The van der Waals surface area contributed by atoms with Crippen molar-refractivity contribution in [2.45, 2.75) is 26.8 Å². The molecule has 0 saturated heterocycles. The first-order valence-corrected chi connectivity index (χ1v) is 7.06. The molecule has 10 heteroatoms. The number of nitrogens with one attached hydrogen (secondary N) is 1. The normalized spacial score (nSPS) is 11.1. The van der Waals surface area contributed by atoms with E-state index in [9.17, 15) is 14.7 Å². The van der Waals surface area contributed by atoms with Crippen LogP contribution in [0.5, 0.6) is 5.88 Å². The first kappa shape index (κ1) is 15.6. The number of carboxylic acids is 1. The number of hydrogen-bond acceptors (Lipinski definition) is 6. The number of aromatic nitrogens is 5. The maximum Gasteiger partial charge on any atom is 0.333 e. The fourth-order valence-electron chi connectivity index (χ4n) is 2.43. The smallest absolute Gasteiger partial charge is 0.333 e. The minimum Gasteiger partial charge on any atom is -0.493 e. The summed E-state index contributed by atoms with van der Waals surface area (Å²) in [4.78, 5) is 25.1. The number of nitrogens with zero attached hydrogens (tertiary/aromatic N) is 4. The lowest BCUT2D eigenvalue weighted by molar-refractivity contribution is -0.136. The molecule has 0 aliphatic heterocycles. The van der Waals surface area contributed by atoms with E-state index in [2.05, 4.69) is 15.2 Å². The van der Waals surface area contributed by atoms with Crippen molar-refractivity contribution in [3.05, 3.63) is 45.6 Å². The topological polar surface area (TPSA) is 139 Å². The van der Waals surface area contributed by atoms with E-state index < -0.39 is 24.0 Å². The van der Waals surface area contributed by atoms with Crippen LogP contribution in [0, 0.1) is 13.8 Å². The number of aliphatic carboxylic acids is 1. The molecule has 0 atom stereocenters. The Morgan fingerprint density at radius 2 is 2.17 bits per heavy atom. The summed E-state index contributed by atoms with van der Waals surface area (Å²) in [5.41, 5.74) is 1.24. The molecule has 10 nitrogen and oxygen atoms in total. The Morgan fingerprint density at radius 3 is 2.79 bits per heavy atom. The lowest BCUT2D eigenvalue weighted by Gasteiger charge is -2.01. The molecule has 0 aromatic carbocycles. The van der Waals surface area contributed by atoms with Crippen molar-refractivity contribution >= 4 is 5.97 Å². The van der Waals surface area contributed by atoms with Crippen LogP contribution in [-0.2, 0) is 17.8 Å². The Balaban J connectivity index is 1.93. The maximum absolute atomic E-state index is 12.0. The molecular formula is C14H15N5O5. The number of H-pyrrole nitrogens is 1. The molecule has 0 radical (unpaired) electrons. The Hall–Kier alpha value is -3.30. The van der Waals surface area contributed by atoms with Gasteiger partial charge in [-0.2, -0.15) is 5.10 Å². The molecule has 126 valence electrons.